The maximum atomic E-state index is 5.11. The third kappa shape index (κ3) is 2.40. The standard InChI is InChI=1S/C10H13N3OS2/c1-3-11-10-13-8(5-15-10)9-7(4-14-2)12-6-16-9/h5-6H,3-4H2,1-2H3,(H,11,13). The van der Waals surface area contributed by atoms with Crippen molar-refractivity contribution in [2.45, 2.75) is 13.5 Å². The van der Waals surface area contributed by atoms with Gasteiger partial charge >= 0.3 is 0 Å². The summed E-state index contributed by atoms with van der Waals surface area (Å²) in [5.41, 5.74) is 3.77. The second kappa shape index (κ2) is 5.38. The lowest BCUT2D eigenvalue weighted by molar-refractivity contribution is 0.182. The largest absolute Gasteiger partial charge is 0.378 e. The normalized spacial score (nSPS) is 10.6. The lowest BCUT2D eigenvalue weighted by atomic mass is 10.3. The van der Waals surface area contributed by atoms with Gasteiger partial charge in [0.05, 0.1) is 28.4 Å². The minimum absolute atomic E-state index is 0.535. The van der Waals surface area contributed by atoms with Gasteiger partial charge in [-0.05, 0) is 6.92 Å². The molecule has 0 unspecified atom stereocenters. The van der Waals surface area contributed by atoms with Crippen LogP contribution >= 0.6 is 22.7 Å². The smallest absolute Gasteiger partial charge is 0.183 e. The fourth-order valence-corrected chi connectivity index (χ4v) is 2.93. The molecule has 0 aliphatic rings. The monoisotopic (exact) mass is 255 g/mol. The molecule has 1 N–H and O–H groups in total. The topological polar surface area (TPSA) is 47.0 Å². The molecular formula is C10H13N3OS2. The summed E-state index contributed by atoms with van der Waals surface area (Å²) in [6.45, 7) is 3.48. The van der Waals surface area contributed by atoms with Gasteiger partial charge in [0, 0.05) is 19.0 Å². The van der Waals surface area contributed by atoms with Crippen molar-refractivity contribution in [1.29, 1.82) is 0 Å². The third-order valence-electron chi connectivity index (χ3n) is 1.99. The summed E-state index contributed by atoms with van der Waals surface area (Å²) in [6, 6.07) is 0. The van der Waals surface area contributed by atoms with Crippen molar-refractivity contribution in [2.75, 3.05) is 19.0 Å². The molecule has 0 spiro atoms. The van der Waals surface area contributed by atoms with Crippen molar-refractivity contribution in [2.24, 2.45) is 0 Å². The number of nitrogens with zero attached hydrogens (tertiary/aromatic N) is 2. The second-order valence-electron chi connectivity index (χ2n) is 3.13. The van der Waals surface area contributed by atoms with Crippen molar-refractivity contribution >= 4 is 27.8 Å². The lowest BCUT2D eigenvalue weighted by Crippen LogP contribution is -1.95. The van der Waals surface area contributed by atoms with E-state index in [2.05, 4.69) is 22.2 Å². The Kier molecular flexibility index (Phi) is 3.87. The molecule has 2 rings (SSSR count). The zero-order valence-corrected chi connectivity index (χ0v) is 10.8. The number of nitrogens with one attached hydrogen (secondary N) is 1. The van der Waals surface area contributed by atoms with Crippen molar-refractivity contribution in [3.05, 3.63) is 16.6 Å². The zero-order chi connectivity index (χ0) is 11.4. The van der Waals surface area contributed by atoms with Crippen LogP contribution in [0.4, 0.5) is 5.13 Å². The molecule has 6 heteroatoms. The Morgan fingerprint density at radius 1 is 1.44 bits per heavy atom. The Labute approximate surface area is 102 Å². The van der Waals surface area contributed by atoms with Crippen LogP contribution in [0, 0.1) is 0 Å². The molecule has 0 radical (unpaired) electrons. The molecule has 0 aromatic carbocycles. The molecule has 0 bridgehead atoms. The Morgan fingerprint density at radius 3 is 3.06 bits per heavy atom. The van der Waals surface area contributed by atoms with Crippen LogP contribution in [0.2, 0.25) is 0 Å². The number of aromatic nitrogens is 2. The maximum Gasteiger partial charge on any atom is 0.183 e. The SMILES string of the molecule is CCNc1nc(-c2scnc2COC)cs1. The van der Waals surface area contributed by atoms with Gasteiger partial charge in [0.2, 0.25) is 0 Å². The Bertz CT molecular complexity index is 452. The zero-order valence-electron chi connectivity index (χ0n) is 9.19. The van der Waals surface area contributed by atoms with E-state index in [0.29, 0.717) is 6.61 Å². The van der Waals surface area contributed by atoms with Gasteiger partial charge in [0.1, 0.15) is 0 Å². The highest BCUT2D eigenvalue weighted by atomic mass is 32.1. The van der Waals surface area contributed by atoms with E-state index in [1.807, 2.05) is 10.9 Å². The van der Waals surface area contributed by atoms with E-state index in [0.717, 1.165) is 27.9 Å². The minimum Gasteiger partial charge on any atom is -0.378 e. The molecule has 86 valence electrons. The summed E-state index contributed by atoms with van der Waals surface area (Å²) < 4.78 is 5.11. The van der Waals surface area contributed by atoms with Crippen molar-refractivity contribution in [1.82, 2.24) is 9.97 Å². The highest BCUT2D eigenvalue weighted by Crippen LogP contribution is 2.30. The summed E-state index contributed by atoms with van der Waals surface area (Å²) in [4.78, 5) is 9.88. The van der Waals surface area contributed by atoms with E-state index in [1.165, 1.54) is 0 Å². The first kappa shape index (κ1) is 11.5. The van der Waals surface area contributed by atoms with Gasteiger partial charge in [-0.1, -0.05) is 0 Å². The fourth-order valence-electron chi connectivity index (χ4n) is 1.33. The van der Waals surface area contributed by atoms with Crippen LogP contribution in [0.1, 0.15) is 12.6 Å². The van der Waals surface area contributed by atoms with Crippen LogP contribution in [0.25, 0.3) is 10.6 Å². The summed E-state index contributed by atoms with van der Waals surface area (Å²) >= 11 is 3.21. The Morgan fingerprint density at radius 2 is 2.31 bits per heavy atom. The lowest BCUT2D eigenvalue weighted by Gasteiger charge is -1.98. The van der Waals surface area contributed by atoms with Crippen LogP contribution in [0.3, 0.4) is 0 Å². The quantitative estimate of drug-likeness (QED) is 0.892. The van der Waals surface area contributed by atoms with Crippen LogP contribution in [-0.2, 0) is 11.3 Å². The molecule has 0 fully saturated rings. The van der Waals surface area contributed by atoms with E-state index < -0.39 is 0 Å². The van der Waals surface area contributed by atoms with Crippen LogP contribution in [0.5, 0.6) is 0 Å². The van der Waals surface area contributed by atoms with Crippen LogP contribution in [-0.4, -0.2) is 23.6 Å². The molecule has 0 saturated heterocycles. The molecule has 2 aromatic rings. The van der Waals surface area contributed by atoms with Gasteiger partial charge < -0.3 is 10.1 Å². The van der Waals surface area contributed by atoms with E-state index >= 15 is 0 Å². The summed E-state index contributed by atoms with van der Waals surface area (Å²) in [5.74, 6) is 0. The minimum atomic E-state index is 0.535. The maximum absolute atomic E-state index is 5.11. The first-order valence-electron chi connectivity index (χ1n) is 4.96. The molecule has 0 aliphatic carbocycles. The van der Waals surface area contributed by atoms with Gasteiger partial charge in [-0.15, -0.1) is 22.7 Å². The van der Waals surface area contributed by atoms with Crippen molar-refractivity contribution < 1.29 is 4.74 Å². The van der Waals surface area contributed by atoms with Gasteiger partial charge in [-0.25, -0.2) is 9.97 Å². The molecule has 4 nitrogen and oxygen atoms in total. The molecule has 0 atom stereocenters. The van der Waals surface area contributed by atoms with Crippen LogP contribution in [0.15, 0.2) is 10.9 Å². The predicted molar refractivity (Wildman–Crippen MR) is 68.1 cm³/mol. The van der Waals surface area contributed by atoms with Gasteiger partial charge in [-0.2, -0.15) is 0 Å². The first-order chi connectivity index (χ1) is 7.85. The predicted octanol–water partition coefficient (Wildman–Crippen LogP) is 2.84. The number of hydrogen-bond acceptors (Lipinski definition) is 6. The van der Waals surface area contributed by atoms with Crippen LogP contribution < -0.4 is 5.32 Å². The highest BCUT2D eigenvalue weighted by Gasteiger charge is 2.11. The number of rotatable bonds is 5. The summed E-state index contributed by atoms with van der Waals surface area (Å²) in [6.07, 6.45) is 0. The number of hydrogen-bond donors (Lipinski definition) is 1. The van der Waals surface area contributed by atoms with E-state index in [4.69, 9.17) is 4.74 Å². The molecule has 0 amide bonds. The van der Waals surface area contributed by atoms with E-state index in [9.17, 15) is 0 Å². The molecular weight excluding hydrogens is 242 g/mol. The number of thiazole rings is 2. The number of ether oxygens (including phenoxy) is 1. The van der Waals surface area contributed by atoms with E-state index in [-0.39, 0.29) is 0 Å². The first-order valence-corrected chi connectivity index (χ1v) is 6.72. The van der Waals surface area contributed by atoms with Gasteiger partial charge in [0.25, 0.3) is 0 Å². The summed E-state index contributed by atoms with van der Waals surface area (Å²) in [5, 5.41) is 6.20. The molecule has 0 aliphatic heterocycles. The molecule has 0 saturated carbocycles. The number of anilines is 1. The second-order valence-corrected chi connectivity index (χ2v) is 4.84. The van der Waals surface area contributed by atoms with Gasteiger partial charge in [0.15, 0.2) is 5.13 Å². The fraction of sp³-hybridized carbons (Fsp3) is 0.400. The van der Waals surface area contributed by atoms with Crippen molar-refractivity contribution in [3.8, 4) is 10.6 Å². The van der Waals surface area contributed by atoms with Crippen molar-refractivity contribution in [3.63, 3.8) is 0 Å². The average molecular weight is 255 g/mol. The highest BCUT2D eigenvalue weighted by molar-refractivity contribution is 7.15. The third-order valence-corrected chi connectivity index (χ3v) is 3.68. The average Bonchev–Trinajstić information content (AvgIpc) is 2.87. The Balaban J connectivity index is 2.24. The molecule has 16 heavy (non-hydrogen) atoms. The molecule has 2 aromatic heterocycles. The Hall–Kier alpha value is -0.980. The van der Waals surface area contributed by atoms with Gasteiger partial charge in [-0.3, -0.25) is 0 Å². The number of methoxy groups -OCH3 is 1. The summed E-state index contributed by atoms with van der Waals surface area (Å²) in [7, 11) is 1.67. The molecule has 2 heterocycles. The van der Waals surface area contributed by atoms with E-state index in [1.54, 1.807) is 29.8 Å².